The predicted octanol–water partition coefficient (Wildman–Crippen LogP) is 5.71. The molecule has 0 saturated carbocycles. The molecule has 3 rings (SSSR count). The van der Waals surface area contributed by atoms with Gasteiger partial charge in [0.2, 0.25) is 0 Å². The highest BCUT2D eigenvalue weighted by Gasteiger charge is 2.15. The molecule has 0 aliphatic carbocycles. The zero-order valence-corrected chi connectivity index (χ0v) is 14.1. The van der Waals surface area contributed by atoms with Crippen molar-refractivity contribution in [2.24, 2.45) is 0 Å². The number of carboxylic acids is 1. The monoisotopic (exact) mass is 328 g/mol. The fourth-order valence-corrected chi connectivity index (χ4v) is 4.45. The molecule has 112 valence electrons. The lowest BCUT2D eigenvalue weighted by Gasteiger charge is -2.14. The fraction of sp³-hybridized carbons (Fsp3) is 0.167. The van der Waals surface area contributed by atoms with Crippen LogP contribution in [0, 0.1) is 6.92 Å². The molecule has 0 aliphatic rings. The van der Waals surface area contributed by atoms with Crippen LogP contribution in [0.5, 0.6) is 0 Å². The van der Waals surface area contributed by atoms with Crippen molar-refractivity contribution < 1.29 is 9.90 Å². The van der Waals surface area contributed by atoms with Crippen LogP contribution in [-0.4, -0.2) is 11.1 Å². The summed E-state index contributed by atoms with van der Waals surface area (Å²) in [4.78, 5) is 13.8. The maximum Gasteiger partial charge on any atom is 0.345 e. The molecule has 0 fully saturated rings. The molecule has 3 aromatic rings. The molecule has 2 nitrogen and oxygen atoms in total. The zero-order valence-electron chi connectivity index (χ0n) is 12.4. The summed E-state index contributed by atoms with van der Waals surface area (Å²) in [6.45, 7) is 4.30. The number of carbonyl (C=O) groups is 1. The number of hydrogen-bond acceptors (Lipinski definition) is 3. The van der Waals surface area contributed by atoms with Gasteiger partial charge in [0, 0.05) is 9.75 Å². The Morgan fingerprint density at radius 3 is 2.45 bits per heavy atom. The number of thiophene rings is 2. The van der Waals surface area contributed by atoms with Crippen LogP contribution in [0.1, 0.15) is 27.7 Å². The van der Waals surface area contributed by atoms with Crippen LogP contribution in [-0.2, 0) is 6.42 Å². The average molecular weight is 328 g/mol. The van der Waals surface area contributed by atoms with E-state index in [2.05, 4.69) is 43.5 Å². The molecule has 0 radical (unpaired) electrons. The summed E-state index contributed by atoms with van der Waals surface area (Å²) in [6.07, 6.45) is 0.931. The fourth-order valence-electron chi connectivity index (χ4n) is 2.74. The van der Waals surface area contributed by atoms with Crippen molar-refractivity contribution in [1.82, 2.24) is 0 Å². The van der Waals surface area contributed by atoms with E-state index >= 15 is 0 Å². The largest absolute Gasteiger partial charge is 0.477 e. The minimum atomic E-state index is -0.860. The van der Waals surface area contributed by atoms with E-state index in [-0.39, 0.29) is 0 Å². The van der Waals surface area contributed by atoms with Crippen molar-refractivity contribution in [3.05, 3.63) is 57.8 Å². The lowest BCUT2D eigenvalue weighted by atomic mass is 9.93. The van der Waals surface area contributed by atoms with Gasteiger partial charge in [-0.2, -0.15) is 0 Å². The Labute approximate surface area is 137 Å². The number of rotatable bonds is 4. The van der Waals surface area contributed by atoms with Crippen LogP contribution in [0.3, 0.4) is 0 Å². The van der Waals surface area contributed by atoms with Gasteiger partial charge in [0.25, 0.3) is 0 Å². The van der Waals surface area contributed by atoms with E-state index in [9.17, 15) is 4.79 Å². The van der Waals surface area contributed by atoms with Crippen LogP contribution < -0.4 is 0 Å². The Hall–Kier alpha value is -1.91. The van der Waals surface area contributed by atoms with Gasteiger partial charge in [-0.25, -0.2) is 4.79 Å². The lowest BCUT2D eigenvalue weighted by molar-refractivity contribution is 0.0702. The van der Waals surface area contributed by atoms with Gasteiger partial charge in [-0.15, -0.1) is 22.7 Å². The predicted molar refractivity (Wildman–Crippen MR) is 94.1 cm³/mol. The highest BCUT2D eigenvalue weighted by Crippen LogP contribution is 2.37. The SMILES string of the molecule is CCc1c(-c2ccc(C(=O)O)s2)ccc(-c2cccs2)c1C. The minimum absolute atomic E-state index is 0.386. The van der Waals surface area contributed by atoms with Crippen molar-refractivity contribution in [3.8, 4) is 20.9 Å². The smallest absolute Gasteiger partial charge is 0.345 e. The molecule has 2 heterocycles. The first-order valence-electron chi connectivity index (χ1n) is 7.11. The number of benzene rings is 1. The van der Waals surface area contributed by atoms with Crippen molar-refractivity contribution in [3.63, 3.8) is 0 Å². The summed E-state index contributed by atoms with van der Waals surface area (Å²) in [7, 11) is 0. The van der Waals surface area contributed by atoms with E-state index < -0.39 is 5.97 Å². The Morgan fingerprint density at radius 1 is 1.09 bits per heavy atom. The van der Waals surface area contributed by atoms with Crippen molar-refractivity contribution in [2.75, 3.05) is 0 Å². The van der Waals surface area contributed by atoms with Gasteiger partial charge in [0.15, 0.2) is 0 Å². The van der Waals surface area contributed by atoms with E-state index in [1.54, 1.807) is 17.4 Å². The van der Waals surface area contributed by atoms with Crippen molar-refractivity contribution >= 4 is 28.6 Å². The normalized spacial score (nSPS) is 10.8. The van der Waals surface area contributed by atoms with E-state index in [1.165, 1.54) is 32.9 Å². The Kier molecular flexibility index (Phi) is 4.14. The summed E-state index contributed by atoms with van der Waals surface area (Å²) >= 11 is 3.08. The Morgan fingerprint density at radius 2 is 1.86 bits per heavy atom. The third kappa shape index (κ3) is 2.60. The number of carboxylic acid groups (broad SMARTS) is 1. The first-order valence-corrected chi connectivity index (χ1v) is 8.81. The van der Waals surface area contributed by atoms with Gasteiger partial charge in [0.05, 0.1) is 0 Å². The second-order valence-corrected chi connectivity index (χ2v) is 7.10. The molecule has 0 bridgehead atoms. The molecule has 0 atom stereocenters. The summed E-state index contributed by atoms with van der Waals surface area (Å²) in [6, 6.07) is 12.1. The van der Waals surface area contributed by atoms with Crippen LogP contribution in [0.25, 0.3) is 20.9 Å². The molecular formula is C18H16O2S2. The number of hydrogen-bond donors (Lipinski definition) is 1. The number of aromatic carboxylic acids is 1. The lowest BCUT2D eigenvalue weighted by Crippen LogP contribution is -1.93. The van der Waals surface area contributed by atoms with Gasteiger partial charge < -0.3 is 5.11 Å². The third-order valence-electron chi connectivity index (χ3n) is 3.82. The standard InChI is InChI=1S/C18H16O2S2/c1-3-12-11(2)13(15-5-4-10-21-15)6-7-14(12)16-8-9-17(22-16)18(19)20/h4-10H,3H2,1-2H3,(H,19,20). The molecule has 0 unspecified atom stereocenters. The van der Waals surface area contributed by atoms with Gasteiger partial charge in [-0.3, -0.25) is 0 Å². The highest BCUT2D eigenvalue weighted by atomic mass is 32.1. The van der Waals surface area contributed by atoms with Crippen LogP contribution in [0.2, 0.25) is 0 Å². The van der Waals surface area contributed by atoms with E-state index in [4.69, 9.17) is 5.11 Å². The quantitative estimate of drug-likeness (QED) is 0.666. The molecule has 0 spiro atoms. The molecule has 1 N–H and O–H groups in total. The second-order valence-electron chi connectivity index (χ2n) is 5.06. The maximum absolute atomic E-state index is 11.1. The van der Waals surface area contributed by atoms with Crippen LogP contribution in [0.4, 0.5) is 0 Å². The maximum atomic E-state index is 11.1. The molecule has 0 aliphatic heterocycles. The van der Waals surface area contributed by atoms with Gasteiger partial charge >= 0.3 is 5.97 Å². The molecule has 0 saturated heterocycles. The van der Waals surface area contributed by atoms with Crippen molar-refractivity contribution in [2.45, 2.75) is 20.3 Å². The minimum Gasteiger partial charge on any atom is -0.477 e. The van der Waals surface area contributed by atoms with Gasteiger partial charge in [-0.05, 0) is 59.2 Å². The molecule has 1 aromatic carbocycles. The second kappa shape index (κ2) is 6.07. The van der Waals surface area contributed by atoms with Gasteiger partial charge in [-0.1, -0.05) is 25.1 Å². The average Bonchev–Trinajstić information content (AvgIpc) is 3.18. The molecule has 2 aromatic heterocycles. The third-order valence-corrected chi connectivity index (χ3v) is 5.83. The van der Waals surface area contributed by atoms with E-state index in [1.807, 2.05) is 6.07 Å². The molecule has 0 amide bonds. The highest BCUT2D eigenvalue weighted by molar-refractivity contribution is 7.17. The first-order chi connectivity index (χ1) is 10.6. The summed E-state index contributed by atoms with van der Waals surface area (Å²) < 4.78 is 0. The first kappa shape index (κ1) is 15.0. The van der Waals surface area contributed by atoms with Crippen LogP contribution >= 0.6 is 22.7 Å². The van der Waals surface area contributed by atoms with Crippen LogP contribution in [0.15, 0.2) is 41.8 Å². The Bertz CT molecular complexity index is 814. The molecule has 22 heavy (non-hydrogen) atoms. The van der Waals surface area contributed by atoms with Gasteiger partial charge in [0.1, 0.15) is 4.88 Å². The summed E-state index contributed by atoms with van der Waals surface area (Å²) in [5, 5.41) is 11.2. The summed E-state index contributed by atoms with van der Waals surface area (Å²) in [5.74, 6) is -0.860. The molecule has 4 heteroatoms. The Balaban J connectivity index is 2.12. The van der Waals surface area contributed by atoms with Crippen molar-refractivity contribution in [1.29, 1.82) is 0 Å². The van der Waals surface area contributed by atoms with E-state index in [0.717, 1.165) is 16.9 Å². The zero-order chi connectivity index (χ0) is 15.7. The summed E-state index contributed by atoms with van der Waals surface area (Å²) in [5.41, 5.74) is 5.00. The topological polar surface area (TPSA) is 37.3 Å². The van der Waals surface area contributed by atoms with E-state index in [0.29, 0.717) is 4.88 Å². The molecular weight excluding hydrogens is 312 g/mol.